The lowest BCUT2D eigenvalue weighted by Crippen LogP contribution is -2.28. The fraction of sp³-hybridized carbons (Fsp3) is 0.385. The standard InChI is InChI=1S/C13H18N2O4/c1-3-11(13(17)18)14-9-4-6-10(7-5-9)15-12(16)8-19-2/h4-7,11,14H,3,8H2,1-2H3,(H,15,16)(H,17,18). The number of aliphatic carboxylic acids is 1. The molecule has 0 aliphatic heterocycles. The summed E-state index contributed by atoms with van der Waals surface area (Å²) < 4.78 is 4.70. The third-order valence-electron chi connectivity index (χ3n) is 2.49. The Hall–Kier alpha value is -2.08. The first-order valence-corrected chi connectivity index (χ1v) is 5.95. The molecule has 0 spiro atoms. The average Bonchev–Trinajstić information content (AvgIpc) is 2.37. The third kappa shape index (κ3) is 4.97. The summed E-state index contributed by atoms with van der Waals surface area (Å²) >= 11 is 0. The molecular weight excluding hydrogens is 248 g/mol. The van der Waals surface area contributed by atoms with Crippen LogP contribution in [0.1, 0.15) is 13.3 Å². The van der Waals surface area contributed by atoms with E-state index in [0.717, 1.165) is 0 Å². The number of carboxylic acid groups (broad SMARTS) is 1. The summed E-state index contributed by atoms with van der Waals surface area (Å²) in [5.41, 5.74) is 1.33. The summed E-state index contributed by atoms with van der Waals surface area (Å²) in [7, 11) is 1.45. The topological polar surface area (TPSA) is 87.7 Å². The Kier molecular flexibility index (Phi) is 5.81. The Morgan fingerprint density at radius 2 is 1.84 bits per heavy atom. The fourth-order valence-electron chi connectivity index (χ4n) is 1.52. The minimum Gasteiger partial charge on any atom is -0.480 e. The smallest absolute Gasteiger partial charge is 0.326 e. The molecule has 6 nitrogen and oxygen atoms in total. The van der Waals surface area contributed by atoms with Crippen molar-refractivity contribution in [3.05, 3.63) is 24.3 Å². The molecule has 0 aliphatic carbocycles. The molecule has 1 rings (SSSR count). The highest BCUT2D eigenvalue weighted by molar-refractivity contribution is 5.91. The van der Waals surface area contributed by atoms with Crippen molar-refractivity contribution in [2.24, 2.45) is 0 Å². The van der Waals surface area contributed by atoms with E-state index in [9.17, 15) is 9.59 Å². The van der Waals surface area contributed by atoms with Crippen LogP contribution >= 0.6 is 0 Å². The van der Waals surface area contributed by atoms with E-state index < -0.39 is 12.0 Å². The van der Waals surface area contributed by atoms with Crippen molar-refractivity contribution in [3.8, 4) is 0 Å². The SMILES string of the molecule is CCC(Nc1ccc(NC(=O)COC)cc1)C(=O)O. The maximum absolute atomic E-state index is 11.3. The molecule has 3 N–H and O–H groups in total. The summed E-state index contributed by atoms with van der Waals surface area (Å²) in [6.45, 7) is 1.79. The van der Waals surface area contributed by atoms with E-state index in [1.165, 1.54) is 7.11 Å². The van der Waals surface area contributed by atoms with Crippen LogP contribution in [0.5, 0.6) is 0 Å². The summed E-state index contributed by atoms with van der Waals surface area (Å²) in [4.78, 5) is 22.2. The number of rotatable bonds is 7. The predicted octanol–water partition coefficient (Wildman–Crippen LogP) is 1.55. The van der Waals surface area contributed by atoms with Crippen LogP contribution in [-0.2, 0) is 14.3 Å². The molecule has 0 aromatic heterocycles. The number of ether oxygens (including phenoxy) is 1. The quantitative estimate of drug-likeness (QED) is 0.697. The molecule has 0 heterocycles. The van der Waals surface area contributed by atoms with Crippen LogP contribution in [0, 0.1) is 0 Å². The second-order valence-corrected chi connectivity index (χ2v) is 4.00. The van der Waals surface area contributed by atoms with Gasteiger partial charge in [0.1, 0.15) is 12.6 Å². The Morgan fingerprint density at radius 1 is 1.26 bits per heavy atom. The van der Waals surface area contributed by atoms with Crippen molar-refractivity contribution in [1.82, 2.24) is 0 Å². The number of methoxy groups -OCH3 is 1. The van der Waals surface area contributed by atoms with Gasteiger partial charge in [-0.2, -0.15) is 0 Å². The summed E-state index contributed by atoms with van der Waals surface area (Å²) in [6, 6.07) is 6.21. The summed E-state index contributed by atoms with van der Waals surface area (Å²) in [5.74, 6) is -1.12. The summed E-state index contributed by atoms with van der Waals surface area (Å²) in [5, 5.41) is 14.5. The molecule has 0 aliphatic rings. The van der Waals surface area contributed by atoms with Crippen molar-refractivity contribution < 1.29 is 19.4 Å². The maximum atomic E-state index is 11.3. The van der Waals surface area contributed by atoms with Crippen LogP contribution in [0.25, 0.3) is 0 Å². The van der Waals surface area contributed by atoms with Gasteiger partial charge in [0.15, 0.2) is 0 Å². The van der Waals surface area contributed by atoms with Gasteiger partial charge in [0.2, 0.25) is 5.91 Å². The van der Waals surface area contributed by atoms with E-state index in [0.29, 0.717) is 17.8 Å². The molecule has 1 aromatic rings. The highest BCUT2D eigenvalue weighted by Gasteiger charge is 2.13. The van der Waals surface area contributed by atoms with Gasteiger partial charge in [0.25, 0.3) is 0 Å². The number of benzene rings is 1. The lowest BCUT2D eigenvalue weighted by atomic mass is 10.2. The number of carbonyl (C=O) groups is 2. The molecule has 0 saturated carbocycles. The van der Waals surface area contributed by atoms with Crippen molar-refractivity contribution in [3.63, 3.8) is 0 Å². The minimum absolute atomic E-state index is 0.00305. The molecule has 1 unspecified atom stereocenters. The normalized spacial score (nSPS) is 11.7. The van der Waals surface area contributed by atoms with Gasteiger partial charge >= 0.3 is 5.97 Å². The van der Waals surface area contributed by atoms with Crippen LogP contribution in [0.15, 0.2) is 24.3 Å². The molecule has 0 bridgehead atoms. The molecule has 6 heteroatoms. The second kappa shape index (κ2) is 7.38. The van der Waals surface area contributed by atoms with Crippen LogP contribution in [0.3, 0.4) is 0 Å². The van der Waals surface area contributed by atoms with E-state index in [1.807, 2.05) is 0 Å². The first-order valence-electron chi connectivity index (χ1n) is 5.95. The van der Waals surface area contributed by atoms with Crippen molar-refractivity contribution >= 4 is 23.3 Å². The van der Waals surface area contributed by atoms with Gasteiger partial charge in [-0.1, -0.05) is 6.92 Å². The van der Waals surface area contributed by atoms with Crippen LogP contribution in [0.4, 0.5) is 11.4 Å². The molecule has 1 aromatic carbocycles. The Labute approximate surface area is 111 Å². The first-order chi connectivity index (χ1) is 9.06. The molecule has 0 saturated heterocycles. The van der Waals surface area contributed by atoms with Gasteiger partial charge in [0.05, 0.1) is 0 Å². The van der Waals surface area contributed by atoms with Crippen molar-refractivity contribution in [2.45, 2.75) is 19.4 Å². The van der Waals surface area contributed by atoms with E-state index in [1.54, 1.807) is 31.2 Å². The molecule has 1 atom stereocenters. The lowest BCUT2D eigenvalue weighted by Gasteiger charge is -2.14. The van der Waals surface area contributed by atoms with Gasteiger partial charge in [-0.25, -0.2) is 4.79 Å². The molecule has 1 amide bonds. The Balaban J connectivity index is 2.61. The zero-order chi connectivity index (χ0) is 14.3. The average molecular weight is 266 g/mol. The molecule has 104 valence electrons. The number of amides is 1. The predicted molar refractivity (Wildman–Crippen MR) is 72.3 cm³/mol. The lowest BCUT2D eigenvalue weighted by molar-refractivity contribution is -0.138. The number of carbonyl (C=O) groups excluding carboxylic acids is 1. The Bertz CT molecular complexity index is 431. The number of anilines is 2. The summed E-state index contributed by atoms with van der Waals surface area (Å²) in [6.07, 6.45) is 0.488. The molecule has 0 radical (unpaired) electrons. The highest BCUT2D eigenvalue weighted by Crippen LogP contribution is 2.15. The van der Waals surface area contributed by atoms with E-state index in [2.05, 4.69) is 10.6 Å². The number of hydrogen-bond acceptors (Lipinski definition) is 4. The zero-order valence-corrected chi connectivity index (χ0v) is 11.0. The maximum Gasteiger partial charge on any atom is 0.326 e. The van der Waals surface area contributed by atoms with Crippen LogP contribution in [0.2, 0.25) is 0 Å². The van der Waals surface area contributed by atoms with Gasteiger partial charge in [-0.3, -0.25) is 4.79 Å². The van der Waals surface area contributed by atoms with Gasteiger partial charge in [-0.05, 0) is 30.7 Å². The fourth-order valence-corrected chi connectivity index (χ4v) is 1.52. The number of nitrogens with one attached hydrogen (secondary N) is 2. The van der Waals surface area contributed by atoms with Crippen LogP contribution in [-0.4, -0.2) is 36.7 Å². The van der Waals surface area contributed by atoms with Gasteiger partial charge < -0.3 is 20.5 Å². The zero-order valence-electron chi connectivity index (χ0n) is 11.0. The second-order valence-electron chi connectivity index (χ2n) is 4.00. The van der Waals surface area contributed by atoms with E-state index in [4.69, 9.17) is 9.84 Å². The largest absolute Gasteiger partial charge is 0.480 e. The number of carboxylic acids is 1. The highest BCUT2D eigenvalue weighted by atomic mass is 16.5. The van der Waals surface area contributed by atoms with Gasteiger partial charge in [0, 0.05) is 18.5 Å². The van der Waals surface area contributed by atoms with E-state index >= 15 is 0 Å². The van der Waals surface area contributed by atoms with Crippen LogP contribution < -0.4 is 10.6 Å². The first kappa shape index (κ1) is 15.0. The molecular formula is C13H18N2O4. The minimum atomic E-state index is -0.889. The van der Waals surface area contributed by atoms with Crippen molar-refractivity contribution in [1.29, 1.82) is 0 Å². The molecule has 0 fully saturated rings. The van der Waals surface area contributed by atoms with E-state index in [-0.39, 0.29) is 12.5 Å². The third-order valence-corrected chi connectivity index (χ3v) is 2.49. The number of hydrogen-bond donors (Lipinski definition) is 3. The Morgan fingerprint density at radius 3 is 2.32 bits per heavy atom. The van der Waals surface area contributed by atoms with Gasteiger partial charge in [-0.15, -0.1) is 0 Å². The monoisotopic (exact) mass is 266 g/mol. The molecule has 19 heavy (non-hydrogen) atoms. The van der Waals surface area contributed by atoms with Crippen molar-refractivity contribution in [2.75, 3.05) is 24.4 Å².